The van der Waals surface area contributed by atoms with Gasteiger partial charge in [-0.3, -0.25) is 0 Å². The molecule has 0 saturated heterocycles. The molecule has 0 N–H and O–H groups in total. The molecule has 0 amide bonds. The average Bonchev–Trinajstić information content (AvgIpc) is 2.17. The van der Waals surface area contributed by atoms with E-state index in [2.05, 4.69) is 0 Å². The summed E-state index contributed by atoms with van der Waals surface area (Å²) in [5.41, 5.74) is 1.43. The van der Waals surface area contributed by atoms with Gasteiger partial charge in [0, 0.05) is 11.1 Å². The third-order valence-corrected chi connectivity index (χ3v) is 2.42. The van der Waals surface area contributed by atoms with Crippen molar-refractivity contribution < 1.29 is 9.53 Å². The summed E-state index contributed by atoms with van der Waals surface area (Å²) in [5.74, 6) is -0.353. The van der Waals surface area contributed by atoms with Crippen LogP contribution in [0.5, 0.6) is 0 Å². The third kappa shape index (κ3) is 5.05. The summed E-state index contributed by atoms with van der Waals surface area (Å²) < 4.78 is 5.15. The minimum absolute atomic E-state index is 0.353. The average molecular weight is 253 g/mol. The predicted octanol–water partition coefficient (Wildman–Crippen LogP) is 4.00. The van der Waals surface area contributed by atoms with Crippen molar-refractivity contribution in [3.63, 3.8) is 0 Å². The Bertz CT molecular complexity index is 442. The lowest BCUT2D eigenvalue weighted by atomic mass is 10.1. The second-order valence-corrected chi connectivity index (χ2v) is 5.28. The zero-order valence-corrected chi connectivity index (χ0v) is 11.3. The normalized spacial score (nSPS) is 11.8. The van der Waals surface area contributed by atoms with Crippen LogP contribution in [-0.4, -0.2) is 11.6 Å². The van der Waals surface area contributed by atoms with Gasteiger partial charge in [-0.05, 0) is 51.0 Å². The van der Waals surface area contributed by atoms with Crippen LogP contribution in [0.4, 0.5) is 0 Å². The number of hydrogen-bond acceptors (Lipinski definition) is 2. The van der Waals surface area contributed by atoms with Gasteiger partial charge in [-0.15, -0.1) is 0 Å². The second kappa shape index (κ2) is 5.37. The van der Waals surface area contributed by atoms with E-state index < -0.39 is 5.60 Å². The van der Waals surface area contributed by atoms with Gasteiger partial charge < -0.3 is 4.74 Å². The first-order valence-electron chi connectivity index (χ1n) is 5.45. The number of rotatable bonds is 2. The van der Waals surface area contributed by atoms with Crippen LogP contribution in [0.3, 0.4) is 0 Å². The maximum absolute atomic E-state index is 11.4. The van der Waals surface area contributed by atoms with E-state index in [1.807, 2.05) is 45.9 Å². The molecule has 0 radical (unpaired) electrons. The summed E-state index contributed by atoms with van der Waals surface area (Å²) in [6.07, 6.45) is 3.10. The van der Waals surface area contributed by atoms with Gasteiger partial charge in [0.05, 0.1) is 0 Å². The molecule has 0 bridgehead atoms. The van der Waals surface area contributed by atoms with Crippen molar-refractivity contribution in [3.8, 4) is 0 Å². The zero-order chi connectivity index (χ0) is 13.1. The molecular formula is C14H17ClO2. The third-order valence-electron chi connectivity index (χ3n) is 2.01. The fourth-order valence-corrected chi connectivity index (χ4v) is 1.40. The molecule has 1 aromatic rings. The summed E-state index contributed by atoms with van der Waals surface area (Å²) in [4.78, 5) is 11.4. The van der Waals surface area contributed by atoms with Crippen LogP contribution in [0.1, 0.15) is 31.9 Å². The first kappa shape index (κ1) is 13.8. The number of hydrogen-bond donors (Lipinski definition) is 0. The lowest BCUT2D eigenvalue weighted by molar-refractivity contribution is -0.148. The van der Waals surface area contributed by atoms with E-state index in [1.165, 1.54) is 6.08 Å². The van der Waals surface area contributed by atoms with Crippen molar-refractivity contribution in [2.24, 2.45) is 0 Å². The molecule has 0 aliphatic heterocycles. The van der Waals surface area contributed by atoms with Crippen LogP contribution < -0.4 is 0 Å². The fraction of sp³-hybridized carbons (Fsp3) is 0.357. The van der Waals surface area contributed by atoms with Gasteiger partial charge in [0.25, 0.3) is 0 Å². The Kier molecular flexibility index (Phi) is 4.35. The molecule has 0 saturated carbocycles. The van der Waals surface area contributed by atoms with E-state index in [-0.39, 0.29) is 5.97 Å². The zero-order valence-electron chi connectivity index (χ0n) is 10.6. The molecule has 1 rings (SSSR count). The molecule has 0 spiro atoms. The Morgan fingerprint density at radius 1 is 1.35 bits per heavy atom. The van der Waals surface area contributed by atoms with Gasteiger partial charge >= 0.3 is 5.97 Å². The van der Waals surface area contributed by atoms with Gasteiger partial charge in [0.1, 0.15) is 5.60 Å². The Morgan fingerprint density at radius 3 is 2.53 bits per heavy atom. The minimum Gasteiger partial charge on any atom is -0.457 e. The van der Waals surface area contributed by atoms with E-state index in [4.69, 9.17) is 16.3 Å². The largest absolute Gasteiger partial charge is 0.457 e. The Morgan fingerprint density at radius 2 is 2.00 bits per heavy atom. The van der Waals surface area contributed by atoms with E-state index >= 15 is 0 Å². The van der Waals surface area contributed by atoms with E-state index in [0.29, 0.717) is 5.02 Å². The Labute approximate surface area is 107 Å². The number of carbonyl (C=O) groups excluding carboxylic acids is 1. The van der Waals surface area contributed by atoms with Gasteiger partial charge in [0.15, 0.2) is 0 Å². The molecular weight excluding hydrogens is 236 g/mol. The van der Waals surface area contributed by atoms with E-state index in [9.17, 15) is 4.79 Å². The van der Waals surface area contributed by atoms with Crippen LogP contribution in [0, 0.1) is 6.92 Å². The van der Waals surface area contributed by atoms with Gasteiger partial charge in [-0.1, -0.05) is 23.7 Å². The standard InChI is InChI=1S/C14H17ClO2/c1-10-5-6-11(9-12(10)15)7-8-13(16)17-14(2,3)4/h5-9H,1-4H3. The molecule has 0 aromatic heterocycles. The lowest BCUT2D eigenvalue weighted by Gasteiger charge is -2.17. The molecule has 17 heavy (non-hydrogen) atoms. The lowest BCUT2D eigenvalue weighted by Crippen LogP contribution is -2.22. The van der Waals surface area contributed by atoms with Gasteiger partial charge in [-0.25, -0.2) is 4.79 Å². The maximum Gasteiger partial charge on any atom is 0.331 e. The fourth-order valence-electron chi connectivity index (χ4n) is 1.21. The molecule has 0 unspecified atom stereocenters. The first-order chi connectivity index (χ1) is 7.78. The van der Waals surface area contributed by atoms with Crippen molar-refractivity contribution in [1.29, 1.82) is 0 Å². The van der Waals surface area contributed by atoms with Crippen molar-refractivity contribution in [2.45, 2.75) is 33.3 Å². The molecule has 92 valence electrons. The molecule has 0 heterocycles. The van der Waals surface area contributed by atoms with Crippen molar-refractivity contribution in [1.82, 2.24) is 0 Å². The number of halogens is 1. The topological polar surface area (TPSA) is 26.3 Å². The van der Waals surface area contributed by atoms with Crippen molar-refractivity contribution >= 4 is 23.6 Å². The summed E-state index contributed by atoms with van der Waals surface area (Å²) in [6, 6.07) is 5.64. The molecule has 0 atom stereocenters. The predicted molar refractivity (Wildman–Crippen MR) is 71.1 cm³/mol. The number of aryl methyl sites for hydroxylation is 1. The summed E-state index contributed by atoms with van der Waals surface area (Å²) in [5, 5.41) is 0.691. The number of ether oxygens (including phenoxy) is 1. The van der Waals surface area contributed by atoms with E-state index in [1.54, 1.807) is 6.08 Å². The molecule has 3 heteroatoms. The number of carbonyl (C=O) groups is 1. The van der Waals surface area contributed by atoms with Crippen molar-refractivity contribution in [3.05, 3.63) is 40.4 Å². The highest BCUT2D eigenvalue weighted by molar-refractivity contribution is 6.31. The Hall–Kier alpha value is -1.28. The van der Waals surface area contributed by atoms with Crippen LogP contribution in [0.2, 0.25) is 5.02 Å². The monoisotopic (exact) mass is 252 g/mol. The van der Waals surface area contributed by atoms with Crippen LogP contribution >= 0.6 is 11.6 Å². The quantitative estimate of drug-likeness (QED) is 0.587. The molecule has 0 aliphatic carbocycles. The number of esters is 1. The number of benzene rings is 1. The highest BCUT2D eigenvalue weighted by atomic mass is 35.5. The molecule has 0 aliphatic rings. The summed E-state index contributed by atoms with van der Waals surface area (Å²) in [7, 11) is 0. The highest BCUT2D eigenvalue weighted by Gasteiger charge is 2.13. The molecule has 1 aromatic carbocycles. The summed E-state index contributed by atoms with van der Waals surface area (Å²) in [6.45, 7) is 7.44. The first-order valence-corrected chi connectivity index (χ1v) is 5.83. The smallest absolute Gasteiger partial charge is 0.331 e. The highest BCUT2D eigenvalue weighted by Crippen LogP contribution is 2.17. The van der Waals surface area contributed by atoms with Crippen LogP contribution in [0.15, 0.2) is 24.3 Å². The maximum atomic E-state index is 11.4. The van der Waals surface area contributed by atoms with Crippen molar-refractivity contribution in [2.75, 3.05) is 0 Å². The van der Waals surface area contributed by atoms with E-state index in [0.717, 1.165) is 11.1 Å². The molecule has 2 nitrogen and oxygen atoms in total. The van der Waals surface area contributed by atoms with Gasteiger partial charge in [-0.2, -0.15) is 0 Å². The summed E-state index contributed by atoms with van der Waals surface area (Å²) >= 11 is 5.99. The van der Waals surface area contributed by atoms with Crippen LogP contribution in [-0.2, 0) is 9.53 Å². The SMILES string of the molecule is Cc1ccc(C=CC(=O)OC(C)(C)C)cc1Cl. The van der Waals surface area contributed by atoms with Gasteiger partial charge in [0.2, 0.25) is 0 Å². The molecule has 0 fully saturated rings. The van der Waals surface area contributed by atoms with Crippen LogP contribution in [0.25, 0.3) is 6.08 Å². The minimum atomic E-state index is -0.466. The second-order valence-electron chi connectivity index (χ2n) is 4.88. The Balaban J connectivity index is 2.71.